The molecule has 0 amide bonds. The fourth-order valence-electron chi connectivity index (χ4n) is 1.47. The molecule has 0 aromatic heterocycles. The van der Waals surface area contributed by atoms with E-state index in [0.717, 1.165) is 0 Å². The summed E-state index contributed by atoms with van der Waals surface area (Å²) >= 11 is 0. The van der Waals surface area contributed by atoms with E-state index in [-0.39, 0.29) is 29.2 Å². The second-order valence-electron chi connectivity index (χ2n) is 4.80. The largest absolute Gasteiger partial charge is 0.495 e. The number of ether oxygens (including phenoxy) is 1. The summed E-state index contributed by atoms with van der Waals surface area (Å²) in [5, 5.41) is 9.11. The van der Waals surface area contributed by atoms with E-state index in [1.807, 2.05) is 20.8 Å². The maximum absolute atomic E-state index is 12.3. The Morgan fingerprint density at radius 3 is 2.42 bits per heavy atom. The van der Waals surface area contributed by atoms with Crippen molar-refractivity contribution in [2.45, 2.75) is 38.3 Å². The van der Waals surface area contributed by atoms with Crippen LogP contribution in [0.1, 0.15) is 26.3 Å². The molecule has 1 unspecified atom stereocenters. The molecule has 19 heavy (non-hydrogen) atoms. The van der Waals surface area contributed by atoms with Crippen molar-refractivity contribution in [3.8, 4) is 5.75 Å². The van der Waals surface area contributed by atoms with Gasteiger partial charge in [-0.1, -0.05) is 19.9 Å². The minimum absolute atomic E-state index is 0.0500. The van der Waals surface area contributed by atoms with Gasteiger partial charge in [-0.05, 0) is 30.5 Å². The molecule has 0 radical (unpaired) electrons. The normalized spacial score (nSPS) is 13.6. The first kappa shape index (κ1) is 15.9. The third-order valence-corrected chi connectivity index (χ3v) is 4.62. The number of benzene rings is 1. The highest BCUT2D eigenvalue weighted by Gasteiger charge is 2.23. The molecular formula is C13H21NO4S. The third kappa shape index (κ3) is 3.92. The molecule has 0 saturated heterocycles. The molecule has 1 atom stereocenters. The lowest BCUT2D eigenvalue weighted by Crippen LogP contribution is -2.36. The quantitative estimate of drug-likeness (QED) is 0.831. The maximum Gasteiger partial charge on any atom is 0.244 e. The molecule has 0 fully saturated rings. The average Bonchev–Trinajstić information content (AvgIpc) is 2.37. The van der Waals surface area contributed by atoms with Crippen molar-refractivity contribution < 1.29 is 18.3 Å². The van der Waals surface area contributed by atoms with E-state index >= 15 is 0 Å². The van der Waals surface area contributed by atoms with Crippen molar-refractivity contribution in [1.29, 1.82) is 0 Å². The van der Waals surface area contributed by atoms with Gasteiger partial charge in [-0.3, -0.25) is 0 Å². The fourth-order valence-corrected chi connectivity index (χ4v) is 3.09. The maximum atomic E-state index is 12.3. The molecule has 0 saturated carbocycles. The number of methoxy groups -OCH3 is 1. The summed E-state index contributed by atoms with van der Waals surface area (Å²) in [5.74, 6) is 0.447. The number of hydrogen-bond acceptors (Lipinski definition) is 4. The number of nitrogens with one attached hydrogen (secondary N) is 1. The van der Waals surface area contributed by atoms with E-state index in [4.69, 9.17) is 9.84 Å². The van der Waals surface area contributed by atoms with Crippen molar-refractivity contribution in [3.05, 3.63) is 23.8 Å². The second kappa shape index (κ2) is 6.36. The zero-order valence-corrected chi connectivity index (χ0v) is 12.5. The molecule has 0 spiro atoms. The first-order chi connectivity index (χ1) is 8.81. The number of aliphatic hydroxyl groups is 1. The minimum atomic E-state index is -3.67. The molecule has 1 aromatic carbocycles. The van der Waals surface area contributed by atoms with Gasteiger partial charge < -0.3 is 9.84 Å². The molecule has 0 heterocycles. The fraction of sp³-hybridized carbons (Fsp3) is 0.538. The molecule has 6 heteroatoms. The van der Waals surface area contributed by atoms with Crippen LogP contribution in [0.25, 0.3) is 0 Å². The van der Waals surface area contributed by atoms with Crippen LogP contribution in [0, 0.1) is 5.92 Å². The summed E-state index contributed by atoms with van der Waals surface area (Å²) < 4.78 is 32.3. The Bertz CT molecular complexity index is 525. The van der Waals surface area contributed by atoms with Gasteiger partial charge in [-0.25, -0.2) is 13.1 Å². The van der Waals surface area contributed by atoms with Gasteiger partial charge in [-0.2, -0.15) is 0 Å². The molecular weight excluding hydrogens is 266 g/mol. The smallest absolute Gasteiger partial charge is 0.244 e. The first-order valence-corrected chi connectivity index (χ1v) is 7.60. The molecule has 0 aliphatic rings. The molecule has 1 aromatic rings. The van der Waals surface area contributed by atoms with E-state index in [1.54, 1.807) is 12.1 Å². The van der Waals surface area contributed by atoms with Gasteiger partial charge in [0.15, 0.2) is 0 Å². The summed E-state index contributed by atoms with van der Waals surface area (Å²) in [6, 6.07) is 4.41. The molecule has 0 aliphatic heterocycles. The van der Waals surface area contributed by atoms with Gasteiger partial charge in [0.25, 0.3) is 0 Å². The van der Waals surface area contributed by atoms with Crippen LogP contribution in [0.5, 0.6) is 5.75 Å². The Labute approximate surface area is 114 Å². The first-order valence-electron chi connectivity index (χ1n) is 6.12. The van der Waals surface area contributed by atoms with Crippen molar-refractivity contribution >= 4 is 10.0 Å². The van der Waals surface area contributed by atoms with Crippen molar-refractivity contribution in [2.75, 3.05) is 7.11 Å². The van der Waals surface area contributed by atoms with Crippen LogP contribution < -0.4 is 9.46 Å². The van der Waals surface area contributed by atoms with Crippen LogP contribution >= 0.6 is 0 Å². The van der Waals surface area contributed by atoms with E-state index in [1.165, 1.54) is 13.2 Å². The summed E-state index contributed by atoms with van der Waals surface area (Å²) in [6.45, 7) is 5.47. The Balaban J connectivity index is 3.19. The second-order valence-corrected chi connectivity index (χ2v) is 6.48. The summed E-state index contributed by atoms with van der Waals surface area (Å²) in [4.78, 5) is 0.0500. The minimum Gasteiger partial charge on any atom is -0.495 e. The summed E-state index contributed by atoms with van der Waals surface area (Å²) in [7, 11) is -2.25. The predicted octanol–water partition coefficient (Wildman–Crippen LogP) is 1.51. The highest BCUT2D eigenvalue weighted by atomic mass is 32.2. The van der Waals surface area contributed by atoms with Crippen LogP contribution in [0.2, 0.25) is 0 Å². The molecule has 5 nitrogen and oxygen atoms in total. The third-order valence-electron chi connectivity index (χ3n) is 3.04. The van der Waals surface area contributed by atoms with E-state index in [9.17, 15) is 8.42 Å². The van der Waals surface area contributed by atoms with Gasteiger partial charge >= 0.3 is 0 Å². The van der Waals surface area contributed by atoms with Crippen LogP contribution in [-0.2, 0) is 16.6 Å². The number of sulfonamides is 1. The van der Waals surface area contributed by atoms with Gasteiger partial charge in [0.2, 0.25) is 10.0 Å². The standard InChI is InChI=1S/C13H21NO4S/c1-9(2)10(3)14-19(16,17)13-7-11(8-15)5-6-12(13)18-4/h5-7,9-10,14-15H,8H2,1-4H3. The highest BCUT2D eigenvalue weighted by Crippen LogP contribution is 2.25. The monoisotopic (exact) mass is 287 g/mol. The van der Waals surface area contributed by atoms with E-state index in [2.05, 4.69) is 4.72 Å². The number of hydrogen-bond donors (Lipinski definition) is 2. The lowest BCUT2D eigenvalue weighted by molar-refractivity contribution is 0.281. The Kier molecular flexibility index (Phi) is 5.34. The lowest BCUT2D eigenvalue weighted by atomic mass is 10.1. The van der Waals surface area contributed by atoms with E-state index in [0.29, 0.717) is 5.56 Å². The van der Waals surface area contributed by atoms with Crippen molar-refractivity contribution in [2.24, 2.45) is 5.92 Å². The van der Waals surface area contributed by atoms with E-state index < -0.39 is 10.0 Å². The Hall–Kier alpha value is -1.11. The van der Waals surface area contributed by atoms with Crippen LogP contribution in [0.3, 0.4) is 0 Å². The Morgan fingerprint density at radius 2 is 1.95 bits per heavy atom. The summed E-state index contributed by atoms with van der Waals surface area (Å²) in [6.07, 6.45) is 0. The zero-order valence-electron chi connectivity index (χ0n) is 11.7. The molecule has 2 N–H and O–H groups in total. The van der Waals surface area contributed by atoms with Crippen molar-refractivity contribution in [3.63, 3.8) is 0 Å². The molecule has 1 rings (SSSR count). The van der Waals surface area contributed by atoms with Crippen LogP contribution in [-0.4, -0.2) is 26.7 Å². The Morgan fingerprint density at radius 1 is 1.32 bits per heavy atom. The van der Waals surface area contributed by atoms with Crippen LogP contribution in [0.4, 0.5) is 0 Å². The van der Waals surface area contributed by atoms with Gasteiger partial charge in [0.05, 0.1) is 13.7 Å². The molecule has 108 valence electrons. The number of aliphatic hydroxyl groups excluding tert-OH is 1. The SMILES string of the molecule is COc1ccc(CO)cc1S(=O)(=O)NC(C)C(C)C. The zero-order chi connectivity index (χ0) is 14.6. The molecule has 0 aliphatic carbocycles. The van der Waals surface area contributed by atoms with Crippen LogP contribution in [0.15, 0.2) is 23.1 Å². The molecule has 0 bridgehead atoms. The summed E-state index contributed by atoms with van der Waals surface area (Å²) in [5.41, 5.74) is 0.526. The van der Waals surface area contributed by atoms with Crippen molar-refractivity contribution in [1.82, 2.24) is 4.72 Å². The predicted molar refractivity (Wildman–Crippen MR) is 73.5 cm³/mol. The highest BCUT2D eigenvalue weighted by molar-refractivity contribution is 7.89. The lowest BCUT2D eigenvalue weighted by Gasteiger charge is -2.19. The van der Waals surface area contributed by atoms with Gasteiger partial charge in [-0.15, -0.1) is 0 Å². The van der Waals surface area contributed by atoms with Gasteiger partial charge in [0, 0.05) is 6.04 Å². The number of rotatable bonds is 6. The topological polar surface area (TPSA) is 75.6 Å². The van der Waals surface area contributed by atoms with Gasteiger partial charge in [0.1, 0.15) is 10.6 Å². The average molecular weight is 287 g/mol.